The van der Waals surface area contributed by atoms with Crippen LogP contribution in [0.25, 0.3) is 55.6 Å². The molecule has 0 spiro atoms. The lowest BCUT2D eigenvalue weighted by Crippen LogP contribution is -1.87. The molecule has 0 unspecified atom stereocenters. The van der Waals surface area contributed by atoms with E-state index in [-0.39, 0.29) is 5.82 Å². The molecule has 0 aliphatic heterocycles. The summed E-state index contributed by atoms with van der Waals surface area (Å²) >= 11 is 0. The standard InChI is InChI=1S/C29H18FNO/c30-22-15-13-20(14-16-22)19-9-11-21(12-10-19)23-17-18-26(25-6-2-1-5-24(23)25)29-31-27-7-3-4-8-28(27)32-29/h1-18H. The van der Waals surface area contributed by atoms with Crippen molar-refractivity contribution in [1.29, 1.82) is 0 Å². The predicted molar refractivity (Wildman–Crippen MR) is 128 cm³/mol. The van der Waals surface area contributed by atoms with Gasteiger partial charge in [0.05, 0.1) is 0 Å². The van der Waals surface area contributed by atoms with E-state index in [0.717, 1.165) is 49.7 Å². The average molecular weight is 415 g/mol. The number of halogens is 1. The zero-order valence-electron chi connectivity index (χ0n) is 17.1. The fraction of sp³-hybridized carbons (Fsp3) is 0. The van der Waals surface area contributed by atoms with Crippen LogP contribution in [-0.4, -0.2) is 4.98 Å². The smallest absolute Gasteiger partial charge is 0.227 e. The Morgan fingerprint density at radius 3 is 1.81 bits per heavy atom. The van der Waals surface area contributed by atoms with Crippen molar-refractivity contribution in [3.05, 3.63) is 115 Å². The molecule has 6 aromatic rings. The number of aromatic nitrogens is 1. The Labute approximate surface area is 184 Å². The summed E-state index contributed by atoms with van der Waals surface area (Å²) in [4.78, 5) is 4.69. The van der Waals surface area contributed by atoms with Crippen LogP contribution in [0.3, 0.4) is 0 Å². The summed E-state index contributed by atoms with van der Waals surface area (Å²) < 4.78 is 19.3. The average Bonchev–Trinajstić information content (AvgIpc) is 3.28. The first-order chi connectivity index (χ1) is 15.8. The minimum absolute atomic E-state index is 0.226. The van der Waals surface area contributed by atoms with Gasteiger partial charge in [-0.1, -0.05) is 78.9 Å². The molecule has 2 nitrogen and oxygen atoms in total. The largest absolute Gasteiger partial charge is 0.436 e. The van der Waals surface area contributed by atoms with Crippen LogP contribution < -0.4 is 0 Å². The van der Waals surface area contributed by atoms with E-state index < -0.39 is 0 Å². The molecule has 3 heteroatoms. The van der Waals surface area contributed by atoms with Gasteiger partial charge in [0.1, 0.15) is 11.3 Å². The van der Waals surface area contributed by atoms with E-state index in [1.54, 1.807) is 12.1 Å². The second-order valence-corrected chi connectivity index (χ2v) is 7.78. The minimum atomic E-state index is -0.226. The Morgan fingerprint density at radius 1 is 0.531 bits per heavy atom. The van der Waals surface area contributed by atoms with E-state index in [1.165, 1.54) is 12.1 Å². The van der Waals surface area contributed by atoms with Gasteiger partial charge in [-0.2, -0.15) is 0 Å². The lowest BCUT2D eigenvalue weighted by atomic mass is 9.94. The molecule has 0 bridgehead atoms. The molecule has 0 saturated heterocycles. The van der Waals surface area contributed by atoms with E-state index in [4.69, 9.17) is 9.40 Å². The Kier molecular flexibility index (Phi) is 4.32. The van der Waals surface area contributed by atoms with Gasteiger partial charge in [0, 0.05) is 5.56 Å². The molecule has 1 aromatic heterocycles. The molecule has 0 fully saturated rings. The van der Waals surface area contributed by atoms with Gasteiger partial charge in [-0.15, -0.1) is 0 Å². The summed E-state index contributed by atoms with van der Waals surface area (Å²) in [5.41, 5.74) is 6.93. The molecule has 0 saturated carbocycles. The van der Waals surface area contributed by atoms with Gasteiger partial charge in [-0.3, -0.25) is 0 Å². The molecule has 0 N–H and O–H groups in total. The Balaban J connectivity index is 1.45. The summed E-state index contributed by atoms with van der Waals surface area (Å²) in [6.07, 6.45) is 0. The quantitative estimate of drug-likeness (QED) is 0.292. The van der Waals surface area contributed by atoms with Gasteiger partial charge >= 0.3 is 0 Å². The van der Waals surface area contributed by atoms with Crippen LogP contribution in [0.4, 0.5) is 4.39 Å². The second kappa shape index (κ2) is 7.47. The molecule has 0 atom stereocenters. The number of fused-ring (bicyclic) bond motifs is 2. The third kappa shape index (κ3) is 3.15. The van der Waals surface area contributed by atoms with Gasteiger partial charge in [0.15, 0.2) is 5.58 Å². The number of benzene rings is 5. The number of nitrogens with zero attached hydrogens (tertiary/aromatic N) is 1. The van der Waals surface area contributed by atoms with Crippen molar-refractivity contribution < 1.29 is 8.81 Å². The molecule has 1 heterocycles. The maximum absolute atomic E-state index is 13.2. The van der Waals surface area contributed by atoms with Crippen LogP contribution >= 0.6 is 0 Å². The number of para-hydroxylation sites is 2. The molecule has 32 heavy (non-hydrogen) atoms. The summed E-state index contributed by atoms with van der Waals surface area (Å²) in [6.45, 7) is 0. The van der Waals surface area contributed by atoms with Crippen molar-refractivity contribution in [2.45, 2.75) is 0 Å². The van der Waals surface area contributed by atoms with Crippen LogP contribution in [0.15, 0.2) is 114 Å². The highest BCUT2D eigenvalue weighted by Gasteiger charge is 2.14. The third-order valence-electron chi connectivity index (χ3n) is 5.82. The van der Waals surface area contributed by atoms with Crippen LogP contribution in [0.2, 0.25) is 0 Å². The van der Waals surface area contributed by atoms with Gasteiger partial charge in [0.25, 0.3) is 0 Å². The minimum Gasteiger partial charge on any atom is -0.436 e. The van der Waals surface area contributed by atoms with E-state index >= 15 is 0 Å². The van der Waals surface area contributed by atoms with Crippen molar-refractivity contribution in [1.82, 2.24) is 4.98 Å². The topological polar surface area (TPSA) is 26.0 Å². The Morgan fingerprint density at radius 2 is 1.09 bits per heavy atom. The van der Waals surface area contributed by atoms with Crippen molar-refractivity contribution in [3.63, 3.8) is 0 Å². The van der Waals surface area contributed by atoms with E-state index in [1.807, 2.05) is 30.3 Å². The lowest BCUT2D eigenvalue weighted by molar-refractivity contribution is 0.620. The van der Waals surface area contributed by atoms with Gasteiger partial charge in [-0.25, -0.2) is 9.37 Å². The van der Waals surface area contributed by atoms with Crippen LogP contribution in [0.5, 0.6) is 0 Å². The molecule has 0 aliphatic carbocycles. The Bertz CT molecular complexity index is 1530. The van der Waals surface area contributed by atoms with Crippen molar-refractivity contribution >= 4 is 21.9 Å². The number of oxazole rings is 1. The maximum Gasteiger partial charge on any atom is 0.227 e. The predicted octanol–water partition coefficient (Wildman–Crippen LogP) is 8.12. The summed E-state index contributed by atoms with van der Waals surface area (Å²) in [7, 11) is 0. The van der Waals surface area contributed by atoms with Crippen molar-refractivity contribution in [2.24, 2.45) is 0 Å². The zero-order chi connectivity index (χ0) is 21.5. The van der Waals surface area contributed by atoms with Gasteiger partial charge < -0.3 is 4.42 Å². The molecule has 0 aliphatic rings. The van der Waals surface area contributed by atoms with Gasteiger partial charge in [0.2, 0.25) is 5.89 Å². The monoisotopic (exact) mass is 415 g/mol. The molecule has 152 valence electrons. The lowest BCUT2D eigenvalue weighted by Gasteiger charge is -2.11. The van der Waals surface area contributed by atoms with Gasteiger partial charge in [-0.05, 0) is 63.4 Å². The molecular formula is C29H18FNO. The summed E-state index contributed by atoms with van der Waals surface area (Å²) in [5.74, 6) is 0.400. The van der Waals surface area contributed by atoms with E-state index in [9.17, 15) is 4.39 Å². The maximum atomic E-state index is 13.2. The first-order valence-electron chi connectivity index (χ1n) is 10.5. The highest BCUT2D eigenvalue weighted by molar-refractivity contribution is 6.04. The van der Waals surface area contributed by atoms with Crippen molar-refractivity contribution in [2.75, 3.05) is 0 Å². The molecule has 6 rings (SSSR count). The van der Waals surface area contributed by atoms with E-state index in [0.29, 0.717) is 5.89 Å². The molecule has 0 radical (unpaired) electrons. The highest BCUT2D eigenvalue weighted by atomic mass is 19.1. The first kappa shape index (κ1) is 18.5. The number of rotatable bonds is 3. The fourth-order valence-corrected chi connectivity index (χ4v) is 4.21. The summed E-state index contributed by atoms with van der Waals surface area (Å²) in [5, 5.41) is 2.24. The number of hydrogen-bond donors (Lipinski definition) is 0. The SMILES string of the molecule is Fc1ccc(-c2ccc(-c3ccc(-c4nc5ccccc5o4)c4ccccc34)cc2)cc1. The number of hydrogen-bond acceptors (Lipinski definition) is 2. The molecule has 0 amide bonds. The highest BCUT2D eigenvalue weighted by Crippen LogP contribution is 2.37. The van der Waals surface area contributed by atoms with Crippen LogP contribution in [0, 0.1) is 5.82 Å². The van der Waals surface area contributed by atoms with Crippen LogP contribution in [-0.2, 0) is 0 Å². The third-order valence-corrected chi connectivity index (χ3v) is 5.82. The second-order valence-electron chi connectivity index (χ2n) is 7.78. The summed E-state index contributed by atoms with van der Waals surface area (Å²) in [6, 6.07) is 35.3. The first-order valence-corrected chi connectivity index (χ1v) is 10.5. The Hall–Kier alpha value is -4.24. The molecule has 5 aromatic carbocycles. The zero-order valence-corrected chi connectivity index (χ0v) is 17.1. The fourth-order valence-electron chi connectivity index (χ4n) is 4.21. The van der Waals surface area contributed by atoms with Crippen molar-refractivity contribution in [3.8, 4) is 33.7 Å². The molecular weight excluding hydrogens is 397 g/mol. The van der Waals surface area contributed by atoms with E-state index in [2.05, 4.69) is 54.6 Å². The normalized spacial score (nSPS) is 11.3. The van der Waals surface area contributed by atoms with Crippen LogP contribution in [0.1, 0.15) is 0 Å².